The number of amides is 2. The number of para-hydroxylation sites is 2. The summed E-state index contributed by atoms with van der Waals surface area (Å²) in [5.41, 5.74) is 0.412. The average Bonchev–Trinajstić information content (AvgIpc) is 2.44. The molecule has 3 N–H and O–H groups in total. The zero-order valence-corrected chi connectivity index (χ0v) is 12.1. The Labute approximate surface area is 123 Å². The van der Waals surface area contributed by atoms with E-state index in [0.717, 1.165) is 0 Å². The van der Waals surface area contributed by atoms with Gasteiger partial charge in [0.25, 0.3) is 0 Å². The lowest BCUT2D eigenvalue weighted by molar-refractivity contribution is -0.139. The van der Waals surface area contributed by atoms with Crippen molar-refractivity contribution in [2.75, 3.05) is 25.6 Å². The molecule has 0 bridgehead atoms. The Bertz CT molecular complexity index is 478. The normalized spacial score (nSPS) is 11.5. The van der Waals surface area contributed by atoms with Gasteiger partial charge in [-0.3, -0.25) is 0 Å². The maximum atomic E-state index is 11.8. The molecule has 0 radical (unpaired) electrons. The maximum Gasteiger partial charge on any atom is 0.341 e. The van der Waals surface area contributed by atoms with Crippen LogP contribution in [0, 0.1) is 0 Å². The van der Waals surface area contributed by atoms with E-state index in [1.165, 1.54) is 0 Å². The lowest BCUT2D eigenvalue weighted by Gasteiger charge is -2.15. The van der Waals surface area contributed by atoms with Crippen molar-refractivity contribution in [3.63, 3.8) is 0 Å². The van der Waals surface area contributed by atoms with Crippen LogP contribution in [0.3, 0.4) is 0 Å². The molecular formula is C14H20N2O5. The van der Waals surface area contributed by atoms with Gasteiger partial charge in [0.1, 0.15) is 5.75 Å². The number of rotatable bonds is 8. The van der Waals surface area contributed by atoms with Crippen LogP contribution in [0.15, 0.2) is 24.3 Å². The Balaban J connectivity index is 2.57. The highest BCUT2D eigenvalue weighted by molar-refractivity contribution is 5.91. The van der Waals surface area contributed by atoms with E-state index in [1.54, 1.807) is 31.4 Å². The monoisotopic (exact) mass is 296 g/mol. The number of urea groups is 1. The van der Waals surface area contributed by atoms with Crippen LogP contribution in [0.1, 0.15) is 13.3 Å². The SMILES string of the molecule is COCCC(C)NC(=O)Nc1ccccc1OCC(=O)O. The number of aliphatic carboxylic acids is 1. The van der Waals surface area contributed by atoms with E-state index in [2.05, 4.69) is 10.6 Å². The Hall–Kier alpha value is -2.28. The van der Waals surface area contributed by atoms with Crippen molar-refractivity contribution < 1.29 is 24.2 Å². The predicted octanol–water partition coefficient (Wildman–Crippen LogP) is 1.70. The summed E-state index contributed by atoms with van der Waals surface area (Å²) in [5.74, 6) is -0.776. The molecule has 7 nitrogen and oxygen atoms in total. The van der Waals surface area contributed by atoms with Gasteiger partial charge < -0.3 is 25.2 Å². The number of ether oxygens (including phenoxy) is 2. The lowest BCUT2D eigenvalue weighted by atomic mass is 10.2. The number of carbonyl (C=O) groups excluding carboxylic acids is 1. The summed E-state index contributed by atoms with van der Waals surface area (Å²) in [6.07, 6.45) is 0.696. The first-order valence-corrected chi connectivity index (χ1v) is 6.53. The van der Waals surface area contributed by atoms with Crippen molar-refractivity contribution in [1.82, 2.24) is 5.32 Å². The van der Waals surface area contributed by atoms with Crippen LogP contribution in [0.4, 0.5) is 10.5 Å². The smallest absolute Gasteiger partial charge is 0.341 e. The quantitative estimate of drug-likeness (QED) is 0.678. The molecule has 1 aromatic rings. The zero-order valence-electron chi connectivity index (χ0n) is 12.1. The highest BCUT2D eigenvalue weighted by Gasteiger charge is 2.11. The van der Waals surface area contributed by atoms with Gasteiger partial charge in [0, 0.05) is 19.8 Å². The van der Waals surface area contributed by atoms with Crippen LogP contribution in [-0.4, -0.2) is 43.5 Å². The fourth-order valence-electron chi connectivity index (χ4n) is 1.58. The van der Waals surface area contributed by atoms with Crippen molar-refractivity contribution in [3.8, 4) is 5.75 Å². The standard InChI is InChI=1S/C14H20N2O5/c1-10(7-8-20-2)15-14(19)16-11-5-3-4-6-12(11)21-9-13(17)18/h3-6,10H,7-9H2,1-2H3,(H,17,18)(H2,15,16,19). The average molecular weight is 296 g/mol. The minimum atomic E-state index is -1.08. The molecule has 0 aromatic heterocycles. The molecule has 0 saturated carbocycles. The fourth-order valence-corrected chi connectivity index (χ4v) is 1.58. The molecular weight excluding hydrogens is 276 g/mol. The molecule has 1 aromatic carbocycles. The summed E-state index contributed by atoms with van der Waals surface area (Å²) in [6.45, 7) is 1.95. The van der Waals surface area contributed by atoms with E-state index in [0.29, 0.717) is 24.5 Å². The summed E-state index contributed by atoms with van der Waals surface area (Å²) in [6, 6.07) is 6.21. The second-order valence-electron chi connectivity index (χ2n) is 4.46. The number of methoxy groups -OCH3 is 1. The predicted molar refractivity (Wildman–Crippen MR) is 77.7 cm³/mol. The second kappa shape index (κ2) is 8.80. The summed E-state index contributed by atoms with van der Waals surface area (Å²) < 4.78 is 10.0. The first-order valence-electron chi connectivity index (χ1n) is 6.53. The number of carboxylic acids is 1. The van der Waals surface area contributed by atoms with Crippen molar-refractivity contribution >= 4 is 17.7 Å². The molecule has 0 heterocycles. The summed E-state index contributed by atoms with van der Waals surface area (Å²) >= 11 is 0. The molecule has 1 rings (SSSR count). The van der Waals surface area contributed by atoms with E-state index in [4.69, 9.17) is 14.6 Å². The van der Waals surface area contributed by atoms with E-state index in [9.17, 15) is 9.59 Å². The summed E-state index contributed by atoms with van der Waals surface area (Å²) in [5, 5.41) is 14.0. The van der Waals surface area contributed by atoms with Gasteiger partial charge in [-0.1, -0.05) is 12.1 Å². The number of carbonyl (C=O) groups is 2. The zero-order chi connectivity index (χ0) is 15.7. The molecule has 7 heteroatoms. The molecule has 2 amide bonds. The third-order valence-electron chi connectivity index (χ3n) is 2.62. The minimum absolute atomic E-state index is 0.0444. The first-order chi connectivity index (χ1) is 10.0. The summed E-state index contributed by atoms with van der Waals surface area (Å²) in [4.78, 5) is 22.4. The van der Waals surface area contributed by atoms with Gasteiger partial charge in [-0.05, 0) is 25.5 Å². The number of benzene rings is 1. The van der Waals surface area contributed by atoms with Crippen molar-refractivity contribution in [1.29, 1.82) is 0 Å². The lowest BCUT2D eigenvalue weighted by Crippen LogP contribution is -2.36. The molecule has 0 aliphatic carbocycles. The number of hydrogen-bond donors (Lipinski definition) is 3. The van der Waals surface area contributed by atoms with E-state index in [-0.39, 0.29) is 12.1 Å². The molecule has 1 unspecified atom stereocenters. The van der Waals surface area contributed by atoms with Crippen LogP contribution in [-0.2, 0) is 9.53 Å². The number of anilines is 1. The Morgan fingerprint density at radius 3 is 2.71 bits per heavy atom. The minimum Gasteiger partial charge on any atom is -0.480 e. The molecule has 21 heavy (non-hydrogen) atoms. The van der Waals surface area contributed by atoms with Crippen LogP contribution in [0.2, 0.25) is 0 Å². The fraction of sp³-hybridized carbons (Fsp3) is 0.429. The topological polar surface area (TPSA) is 96.9 Å². The molecule has 116 valence electrons. The van der Waals surface area contributed by atoms with Crippen molar-refractivity contribution in [2.24, 2.45) is 0 Å². The number of nitrogens with one attached hydrogen (secondary N) is 2. The largest absolute Gasteiger partial charge is 0.480 e. The number of carboxylic acid groups (broad SMARTS) is 1. The van der Waals surface area contributed by atoms with Crippen LogP contribution < -0.4 is 15.4 Å². The van der Waals surface area contributed by atoms with Crippen LogP contribution >= 0.6 is 0 Å². The maximum absolute atomic E-state index is 11.8. The third kappa shape index (κ3) is 6.62. The molecule has 1 atom stereocenters. The van der Waals surface area contributed by atoms with E-state index in [1.807, 2.05) is 6.92 Å². The second-order valence-corrected chi connectivity index (χ2v) is 4.46. The van der Waals surface area contributed by atoms with Crippen LogP contribution in [0.5, 0.6) is 5.75 Å². The highest BCUT2D eigenvalue weighted by atomic mass is 16.5. The molecule has 0 aliphatic rings. The Morgan fingerprint density at radius 2 is 2.05 bits per heavy atom. The molecule has 0 spiro atoms. The van der Waals surface area contributed by atoms with Gasteiger partial charge in [0.15, 0.2) is 6.61 Å². The van der Waals surface area contributed by atoms with Crippen LogP contribution in [0.25, 0.3) is 0 Å². The van der Waals surface area contributed by atoms with Gasteiger partial charge in [0.05, 0.1) is 5.69 Å². The first kappa shape index (κ1) is 16.8. The summed E-state index contributed by atoms with van der Waals surface area (Å²) in [7, 11) is 1.60. The van der Waals surface area contributed by atoms with Gasteiger partial charge in [0.2, 0.25) is 0 Å². The van der Waals surface area contributed by atoms with Gasteiger partial charge in [-0.2, -0.15) is 0 Å². The van der Waals surface area contributed by atoms with Crippen molar-refractivity contribution in [2.45, 2.75) is 19.4 Å². The third-order valence-corrected chi connectivity index (χ3v) is 2.62. The molecule has 0 saturated heterocycles. The Kier molecular flexibility index (Phi) is 7.03. The van der Waals surface area contributed by atoms with Gasteiger partial charge in [-0.25, -0.2) is 9.59 Å². The number of hydrogen-bond acceptors (Lipinski definition) is 4. The highest BCUT2D eigenvalue weighted by Crippen LogP contribution is 2.23. The Morgan fingerprint density at radius 1 is 1.33 bits per heavy atom. The van der Waals surface area contributed by atoms with E-state index < -0.39 is 12.6 Å². The van der Waals surface area contributed by atoms with Gasteiger partial charge in [-0.15, -0.1) is 0 Å². The van der Waals surface area contributed by atoms with Crippen molar-refractivity contribution in [3.05, 3.63) is 24.3 Å². The van der Waals surface area contributed by atoms with E-state index >= 15 is 0 Å². The molecule has 0 fully saturated rings. The molecule has 0 aliphatic heterocycles. The van der Waals surface area contributed by atoms with Gasteiger partial charge >= 0.3 is 12.0 Å².